The number of rotatable bonds is 6. The third-order valence-corrected chi connectivity index (χ3v) is 6.40. The lowest BCUT2D eigenvalue weighted by molar-refractivity contribution is 0.0600. The summed E-state index contributed by atoms with van der Waals surface area (Å²) < 4.78 is 12.2. The van der Waals surface area contributed by atoms with Gasteiger partial charge in [0, 0.05) is 22.6 Å². The monoisotopic (exact) mass is 489 g/mol. The van der Waals surface area contributed by atoms with E-state index >= 15 is 0 Å². The molecule has 0 saturated carbocycles. The van der Waals surface area contributed by atoms with Crippen LogP contribution in [0.5, 0.6) is 0 Å². The summed E-state index contributed by atoms with van der Waals surface area (Å²) in [7, 11) is 1.36. The second-order valence-corrected chi connectivity index (χ2v) is 8.85. The highest BCUT2D eigenvalue weighted by Gasteiger charge is 2.16. The van der Waals surface area contributed by atoms with E-state index in [1.807, 2.05) is 11.4 Å². The van der Waals surface area contributed by atoms with Crippen LogP contribution < -0.4 is 4.80 Å². The fourth-order valence-electron chi connectivity index (χ4n) is 3.32. The van der Waals surface area contributed by atoms with Crippen molar-refractivity contribution in [2.75, 3.05) is 20.3 Å². The molecule has 0 aliphatic carbocycles. The molecule has 1 atom stereocenters. The van der Waals surface area contributed by atoms with Crippen molar-refractivity contribution in [1.29, 1.82) is 0 Å². The zero-order valence-corrected chi connectivity index (χ0v) is 19.7. The molecular weight excluding hydrogens is 469 g/mol. The van der Waals surface area contributed by atoms with E-state index in [1.54, 1.807) is 47.3 Å². The smallest absolute Gasteiger partial charge is 0.337 e. The van der Waals surface area contributed by atoms with Crippen LogP contribution in [0.4, 0.5) is 0 Å². The maximum Gasteiger partial charge on any atom is 0.337 e. The number of methoxy groups -OCH3 is 1. The summed E-state index contributed by atoms with van der Waals surface area (Å²) in [6, 6.07) is 12.4. The zero-order valence-electron chi connectivity index (χ0n) is 17.3. The summed E-state index contributed by atoms with van der Waals surface area (Å²) in [6.45, 7) is 1.37. The van der Waals surface area contributed by atoms with Gasteiger partial charge in [0.05, 0.1) is 42.3 Å². The fourth-order valence-corrected chi connectivity index (χ4v) is 4.66. The summed E-state index contributed by atoms with van der Waals surface area (Å²) in [5, 5.41) is 7.75. The molecule has 4 rings (SSSR count). The van der Waals surface area contributed by atoms with Crippen molar-refractivity contribution in [3.8, 4) is 11.3 Å². The number of carbonyl (C=O) groups excluding carboxylic acids is 1. The van der Waals surface area contributed by atoms with Gasteiger partial charge >= 0.3 is 5.97 Å². The average Bonchev–Trinajstić information content (AvgIpc) is 3.46. The topological polar surface area (TPSA) is 65.2 Å². The highest BCUT2D eigenvalue weighted by atomic mass is 35.5. The minimum Gasteiger partial charge on any atom is -0.465 e. The van der Waals surface area contributed by atoms with E-state index < -0.39 is 0 Å². The molecule has 1 fully saturated rings. The molecule has 0 N–H and O–H groups in total. The Labute approximate surface area is 199 Å². The van der Waals surface area contributed by atoms with Crippen LogP contribution in [-0.2, 0) is 9.47 Å². The van der Waals surface area contributed by atoms with Gasteiger partial charge in [-0.2, -0.15) is 5.10 Å². The first kappa shape index (κ1) is 22.7. The Bertz CT molecular complexity index is 1200. The number of halogens is 2. The Balaban J connectivity index is 1.70. The maximum absolute atomic E-state index is 11.6. The molecule has 1 aromatic heterocycles. The van der Waals surface area contributed by atoms with Crippen LogP contribution in [0.15, 0.2) is 57.9 Å². The van der Waals surface area contributed by atoms with E-state index in [-0.39, 0.29) is 12.1 Å². The number of hydrogen-bond donors (Lipinski definition) is 0. The van der Waals surface area contributed by atoms with Crippen LogP contribution in [0.3, 0.4) is 0 Å². The molecule has 2 heterocycles. The highest BCUT2D eigenvalue weighted by molar-refractivity contribution is 7.07. The van der Waals surface area contributed by atoms with Crippen LogP contribution in [0, 0.1) is 0 Å². The lowest BCUT2D eigenvalue weighted by Crippen LogP contribution is -2.17. The number of esters is 1. The summed E-state index contributed by atoms with van der Waals surface area (Å²) in [5.41, 5.74) is 2.93. The molecule has 9 heteroatoms. The van der Waals surface area contributed by atoms with Gasteiger partial charge in [-0.15, -0.1) is 11.3 Å². The molecule has 0 amide bonds. The Morgan fingerprint density at radius 2 is 2.09 bits per heavy atom. The first-order valence-corrected chi connectivity index (χ1v) is 11.7. The molecule has 1 saturated heterocycles. The molecule has 1 aliphatic heterocycles. The first-order chi connectivity index (χ1) is 15.5. The van der Waals surface area contributed by atoms with Gasteiger partial charge in [0.1, 0.15) is 0 Å². The molecule has 3 aromatic rings. The van der Waals surface area contributed by atoms with E-state index in [1.165, 1.54) is 18.4 Å². The average molecular weight is 490 g/mol. The molecule has 0 bridgehead atoms. The fraction of sp³-hybridized carbons (Fsp3) is 0.261. The van der Waals surface area contributed by atoms with Crippen molar-refractivity contribution in [2.24, 2.45) is 10.1 Å². The summed E-state index contributed by atoms with van der Waals surface area (Å²) in [4.78, 5) is 17.1. The van der Waals surface area contributed by atoms with Gasteiger partial charge in [0.25, 0.3) is 0 Å². The van der Waals surface area contributed by atoms with Crippen molar-refractivity contribution in [3.05, 3.63) is 73.8 Å². The number of benzene rings is 2. The highest BCUT2D eigenvalue weighted by Crippen LogP contribution is 2.30. The molecule has 6 nitrogen and oxygen atoms in total. The van der Waals surface area contributed by atoms with Gasteiger partial charge in [-0.05, 0) is 48.7 Å². The van der Waals surface area contributed by atoms with Crippen LogP contribution in [0.1, 0.15) is 28.8 Å². The van der Waals surface area contributed by atoms with Crippen molar-refractivity contribution >= 4 is 46.7 Å². The molecule has 0 radical (unpaired) electrons. The van der Waals surface area contributed by atoms with Gasteiger partial charge in [0.15, 0.2) is 0 Å². The van der Waals surface area contributed by atoms with Crippen LogP contribution in [-0.4, -0.2) is 43.2 Å². The summed E-state index contributed by atoms with van der Waals surface area (Å²) in [6.07, 6.45) is 3.94. The van der Waals surface area contributed by atoms with Crippen molar-refractivity contribution < 1.29 is 14.3 Å². The summed E-state index contributed by atoms with van der Waals surface area (Å²) in [5.74, 6) is -0.379. The van der Waals surface area contributed by atoms with E-state index in [2.05, 4.69) is 5.10 Å². The van der Waals surface area contributed by atoms with Gasteiger partial charge in [-0.3, -0.25) is 4.99 Å². The zero-order chi connectivity index (χ0) is 22.5. The minimum atomic E-state index is -0.379. The Kier molecular flexibility index (Phi) is 7.42. The third kappa shape index (κ3) is 5.30. The first-order valence-electron chi connectivity index (χ1n) is 10.1. The Morgan fingerprint density at radius 3 is 2.78 bits per heavy atom. The van der Waals surface area contributed by atoms with Gasteiger partial charge in [-0.25, -0.2) is 9.47 Å². The largest absolute Gasteiger partial charge is 0.465 e. The normalized spacial score (nSPS) is 16.7. The van der Waals surface area contributed by atoms with E-state index in [0.29, 0.717) is 22.2 Å². The molecule has 0 spiro atoms. The Morgan fingerprint density at radius 1 is 1.28 bits per heavy atom. The molecule has 1 aliphatic rings. The number of carbonyl (C=O) groups is 1. The Hall–Kier alpha value is -2.45. The molecule has 0 unspecified atom stereocenters. The minimum absolute atomic E-state index is 0.142. The van der Waals surface area contributed by atoms with E-state index in [0.717, 1.165) is 41.1 Å². The lowest BCUT2D eigenvalue weighted by atomic mass is 10.1. The molecule has 32 heavy (non-hydrogen) atoms. The second kappa shape index (κ2) is 10.4. The molecule has 166 valence electrons. The number of hydrogen-bond acceptors (Lipinski definition) is 6. The second-order valence-electron chi connectivity index (χ2n) is 7.17. The predicted molar refractivity (Wildman–Crippen MR) is 128 cm³/mol. The van der Waals surface area contributed by atoms with Crippen LogP contribution in [0.25, 0.3) is 11.3 Å². The van der Waals surface area contributed by atoms with Crippen LogP contribution >= 0.6 is 34.5 Å². The lowest BCUT2D eigenvalue weighted by Gasteiger charge is -2.07. The van der Waals surface area contributed by atoms with Crippen molar-refractivity contribution in [2.45, 2.75) is 18.9 Å². The number of ether oxygens (including phenoxy) is 2. The molecular formula is C23H21Cl2N3O3S. The van der Waals surface area contributed by atoms with E-state index in [9.17, 15) is 4.79 Å². The standard InChI is InChI=1S/C23H21Cl2N3O3S/c1-30-22(29)16-6-4-15(5-7-16)12-27-28-21(19-9-8-17(24)11-20(19)25)14-32-23(28)26-13-18-3-2-10-31-18/h4-9,11-12,14,18H,2-3,10,13H2,1H3/b26-23?,27-12-/t18-/m1/s1. The third-order valence-electron chi connectivity index (χ3n) is 5.00. The SMILES string of the molecule is COC(=O)c1ccc(/C=N\n2c(-c3ccc(Cl)cc3Cl)csc2=NC[C@H]2CCCO2)cc1. The van der Waals surface area contributed by atoms with Crippen LogP contribution in [0.2, 0.25) is 10.0 Å². The van der Waals surface area contributed by atoms with E-state index in [4.69, 9.17) is 37.7 Å². The summed E-state index contributed by atoms with van der Waals surface area (Å²) >= 11 is 14.0. The number of nitrogens with zero attached hydrogens (tertiary/aromatic N) is 3. The van der Waals surface area contributed by atoms with Gasteiger partial charge in [0.2, 0.25) is 4.80 Å². The predicted octanol–water partition coefficient (Wildman–Crippen LogP) is 5.27. The van der Waals surface area contributed by atoms with Gasteiger partial charge < -0.3 is 9.47 Å². The quantitative estimate of drug-likeness (QED) is 0.349. The number of thiazole rings is 1. The number of aromatic nitrogens is 1. The maximum atomic E-state index is 11.6. The van der Waals surface area contributed by atoms with Crippen molar-refractivity contribution in [3.63, 3.8) is 0 Å². The molecule has 2 aromatic carbocycles. The van der Waals surface area contributed by atoms with Gasteiger partial charge in [-0.1, -0.05) is 35.3 Å². The van der Waals surface area contributed by atoms with Crippen molar-refractivity contribution in [1.82, 2.24) is 4.68 Å².